The number of nitrogens with zero attached hydrogens (tertiary/aromatic N) is 1. The summed E-state index contributed by atoms with van der Waals surface area (Å²) in [6, 6.07) is 8.53. The summed E-state index contributed by atoms with van der Waals surface area (Å²) in [5.41, 5.74) is 10.3. The Morgan fingerprint density at radius 3 is 3.06 bits per heavy atom. The Bertz CT molecular complexity index is 490. The molecule has 1 heterocycles. The number of anilines is 1. The van der Waals surface area contributed by atoms with Crippen LogP contribution in [0.15, 0.2) is 30.5 Å². The molecule has 2 aromatic rings. The SMILES string of the molecule is Cc1cccc(Cc2[nH]ncc2NCCCN)c1. The van der Waals surface area contributed by atoms with Gasteiger partial charge in [-0.1, -0.05) is 29.8 Å². The van der Waals surface area contributed by atoms with E-state index in [9.17, 15) is 0 Å². The number of H-pyrrole nitrogens is 1. The maximum atomic E-state index is 5.48. The zero-order valence-electron chi connectivity index (χ0n) is 10.7. The third kappa shape index (κ3) is 3.34. The lowest BCUT2D eigenvalue weighted by Crippen LogP contribution is -2.09. The van der Waals surface area contributed by atoms with E-state index in [2.05, 4.69) is 46.7 Å². The maximum absolute atomic E-state index is 5.48. The molecule has 4 N–H and O–H groups in total. The van der Waals surface area contributed by atoms with Crippen LogP contribution >= 0.6 is 0 Å². The van der Waals surface area contributed by atoms with E-state index in [1.165, 1.54) is 11.1 Å². The molecule has 0 saturated carbocycles. The van der Waals surface area contributed by atoms with E-state index in [4.69, 9.17) is 5.73 Å². The van der Waals surface area contributed by atoms with Gasteiger partial charge in [-0.25, -0.2) is 0 Å². The molecule has 0 aliphatic rings. The van der Waals surface area contributed by atoms with Crippen LogP contribution < -0.4 is 11.1 Å². The molecule has 0 saturated heterocycles. The number of benzene rings is 1. The van der Waals surface area contributed by atoms with Crippen molar-refractivity contribution in [2.45, 2.75) is 19.8 Å². The highest BCUT2D eigenvalue weighted by Gasteiger charge is 2.05. The molecule has 0 atom stereocenters. The number of aromatic nitrogens is 2. The topological polar surface area (TPSA) is 66.7 Å². The summed E-state index contributed by atoms with van der Waals surface area (Å²) in [5, 5.41) is 10.5. The molecule has 4 nitrogen and oxygen atoms in total. The highest BCUT2D eigenvalue weighted by Crippen LogP contribution is 2.16. The summed E-state index contributed by atoms with van der Waals surface area (Å²) in [4.78, 5) is 0. The highest BCUT2D eigenvalue weighted by molar-refractivity contribution is 5.47. The minimum absolute atomic E-state index is 0.706. The van der Waals surface area contributed by atoms with Gasteiger partial charge in [0, 0.05) is 13.0 Å². The van der Waals surface area contributed by atoms with Gasteiger partial charge in [0.25, 0.3) is 0 Å². The number of hydrogen-bond acceptors (Lipinski definition) is 3. The van der Waals surface area contributed by atoms with Gasteiger partial charge >= 0.3 is 0 Å². The third-order valence-corrected chi connectivity index (χ3v) is 2.88. The van der Waals surface area contributed by atoms with Crippen LogP contribution in [-0.2, 0) is 6.42 Å². The van der Waals surface area contributed by atoms with E-state index in [1.807, 2.05) is 6.20 Å². The van der Waals surface area contributed by atoms with E-state index in [0.29, 0.717) is 6.54 Å². The van der Waals surface area contributed by atoms with Crippen LogP contribution in [0.5, 0.6) is 0 Å². The van der Waals surface area contributed by atoms with Crippen LogP contribution in [0.1, 0.15) is 23.2 Å². The molecule has 0 aliphatic heterocycles. The summed E-state index contributed by atoms with van der Waals surface area (Å²) in [7, 11) is 0. The van der Waals surface area contributed by atoms with Crippen LogP contribution in [0.4, 0.5) is 5.69 Å². The average Bonchev–Trinajstić information content (AvgIpc) is 2.77. The fourth-order valence-electron chi connectivity index (χ4n) is 1.95. The summed E-state index contributed by atoms with van der Waals surface area (Å²) in [5.74, 6) is 0. The Kier molecular flexibility index (Phi) is 4.36. The number of rotatable bonds is 6. The molecule has 96 valence electrons. The van der Waals surface area contributed by atoms with Crippen molar-refractivity contribution < 1.29 is 0 Å². The fraction of sp³-hybridized carbons (Fsp3) is 0.357. The lowest BCUT2D eigenvalue weighted by Gasteiger charge is -2.06. The second-order valence-corrected chi connectivity index (χ2v) is 4.50. The van der Waals surface area contributed by atoms with Crippen molar-refractivity contribution >= 4 is 5.69 Å². The van der Waals surface area contributed by atoms with Crippen molar-refractivity contribution in [2.24, 2.45) is 5.73 Å². The molecule has 0 unspecified atom stereocenters. The molecule has 0 fully saturated rings. The Labute approximate surface area is 108 Å². The van der Waals surface area contributed by atoms with Gasteiger partial charge in [0.05, 0.1) is 17.6 Å². The first-order valence-corrected chi connectivity index (χ1v) is 6.31. The van der Waals surface area contributed by atoms with E-state index < -0.39 is 0 Å². The van der Waals surface area contributed by atoms with E-state index in [0.717, 1.165) is 30.8 Å². The number of aryl methyl sites for hydroxylation is 1. The standard InChI is InChI=1S/C14H20N4/c1-11-4-2-5-12(8-11)9-13-14(10-17-18-13)16-7-3-6-15/h2,4-5,8,10,16H,3,6-7,9,15H2,1H3,(H,17,18). The quantitative estimate of drug-likeness (QED) is 0.681. The van der Waals surface area contributed by atoms with E-state index in [-0.39, 0.29) is 0 Å². The summed E-state index contributed by atoms with van der Waals surface area (Å²) in [6.07, 6.45) is 3.67. The van der Waals surface area contributed by atoms with Crippen molar-refractivity contribution in [1.82, 2.24) is 10.2 Å². The van der Waals surface area contributed by atoms with Gasteiger partial charge < -0.3 is 11.1 Å². The van der Waals surface area contributed by atoms with Gasteiger partial charge in [-0.15, -0.1) is 0 Å². The molecule has 4 heteroatoms. The molecule has 1 aromatic carbocycles. The molecule has 0 spiro atoms. The molecular formula is C14H20N4. The Morgan fingerprint density at radius 1 is 1.39 bits per heavy atom. The molecule has 0 amide bonds. The van der Waals surface area contributed by atoms with Crippen LogP contribution in [0, 0.1) is 6.92 Å². The average molecular weight is 244 g/mol. The smallest absolute Gasteiger partial charge is 0.0759 e. The number of aromatic amines is 1. The number of nitrogens with one attached hydrogen (secondary N) is 2. The molecule has 0 bridgehead atoms. The highest BCUT2D eigenvalue weighted by atomic mass is 15.1. The lowest BCUT2D eigenvalue weighted by atomic mass is 10.1. The normalized spacial score (nSPS) is 10.6. The van der Waals surface area contributed by atoms with E-state index >= 15 is 0 Å². The molecule has 1 aromatic heterocycles. The summed E-state index contributed by atoms with van der Waals surface area (Å²) >= 11 is 0. The van der Waals surface area contributed by atoms with Crippen molar-refractivity contribution in [3.05, 3.63) is 47.3 Å². The zero-order chi connectivity index (χ0) is 12.8. The van der Waals surface area contributed by atoms with Crippen LogP contribution in [0.2, 0.25) is 0 Å². The van der Waals surface area contributed by atoms with Gasteiger partial charge in [-0.2, -0.15) is 5.10 Å². The predicted molar refractivity (Wildman–Crippen MR) is 74.7 cm³/mol. The molecule has 0 aliphatic carbocycles. The Hall–Kier alpha value is -1.81. The number of hydrogen-bond donors (Lipinski definition) is 3. The molecule has 0 radical (unpaired) electrons. The zero-order valence-corrected chi connectivity index (χ0v) is 10.7. The summed E-state index contributed by atoms with van der Waals surface area (Å²) < 4.78 is 0. The molecule has 18 heavy (non-hydrogen) atoms. The Morgan fingerprint density at radius 2 is 2.28 bits per heavy atom. The van der Waals surface area contributed by atoms with E-state index in [1.54, 1.807) is 0 Å². The monoisotopic (exact) mass is 244 g/mol. The Balaban J connectivity index is 2.03. The first-order chi connectivity index (χ1) is 8.79. The lowest BCUT2D eigenvalue weighted by molar-refractivity contribution is 0.872. The van der Waals surface area contributed by atoms with Crippen molar-refractivity contribution in [3.63, 3.8) is 0 Å². The van der Waals surface area contributed by atoms with Crippen LogP contribution in [0.25, 0.3) is 0 Å². The van der Waals surface area contributed by atoms with Crippen molar-refractivity contribution in [2.75, 3.05) is 18.4 Å². The largest absolute Gasteiger partial charge is 0.382 e. The maximum Gasteiger partial charge on any atom is 0.0759 e. The van der Waals surface area contributed by atoms with Gasteiger partial charge in [0.15, 0.2) is 0 Å². The second-order valence-electron chi connectivity index (χ2n) is 4.50. The van der Waals surface area contributed by atoms with Crippen LogP contribution in [0.3, 0.4) is 0 Å². The van der Waals surface area contributed by atoms with Gasteiger partial charge in [0.1, 0.15) is 0 Å². The minimum Gasteiger partial charge on any atom is -0.382 e. The third-order valence-electron chi connectivity index (χ3n) is 2.88. The predicted octanol–water partition coefficient (Wildman–Crippen LogP) is 2.07. The minimum atomic E-state index is 0.706. The summed E-state index contributed by atoms with van der Waals surface area (Å²) in [6.45, 7) is 3.70. The van der Waals surface area contributed by atoms with Gasteiger partial charge in [0.2, 0.25) is 0 Å². The van der Waals surface area contributed by atoms with Gasteiger partial charge in [-0.3, -0.25) is 5.10 Å². The second kappa shape index (κ2) is 6.21. The van der Waals surface area contributed by atoms with Crippen molar-refractivity contribution in [3.8, 4) is 0 Å². The molecule has 2 rings (SSSR count). The van der Waals surface area contributed by atoms with Gasteiger partial charge in [-0.05, 0) is 25.5 Å². The fourth-order valence-corrected chi connectivity index (χ4v) is 1.95. The van der Waals surface area contributed by atoms with Crippen molar-refractivity contribution in [1.29, 1.82) is 0 Å². The number of nitrogens with two attached hydrogens (primary N) is 1. The first-order valence-electron chi connectivity index (χ1n) is 6.31. The first kappa shape index (κ1) is 12.6. The van der Waals surface area contributed by atoms with Crippen LogP contribution in [-0.4, -0.2) is 23.3 Å². The molecular weight excluding hydrogens is 224 g/mol.